The fourth-order valence-corrected chi connectivity index (χ4v) is 2.07. The average Bonchev–Trinajstić information content (AvgIpc) is 2.17. The minimum atomic E-state index is 0.826. The number of fused-ring (bicyclic) bond motifs is 1. The highest BCUT2D eigenvalue weighted by atomic mass is 14.7. The molecule has 0 spiro atoms. The van der Waals surface area contributed by atoms with Crippen LogP contribution in [0.3, 0.4) is 0 Å². The average molecular weight is 200 g/mol. The zero-order chi connectivity index (χ0) is 11.0. The molecule has 78 valence electrons. The smallest absolute Gasteiger partial charge is 0.0760 e. The summed E-state index contributed by atoms with van der Waals surface area (Å²) >= 11 is 0. The molecular formula is C13H16N2. The third-order valence-corrected chi connectivity index (χ3v) is 2.78. The van der Waals surface area contributed by atoms with Crippen molar-refractivity contribution in [3.63, 3.8) is 0 Å². The predicted molar refractivity (Wildman–Crippen MR) is 65.0 cm³/mol. The maximum atomic E-state index is 5.99. The largest absolute Gasteiger partial charge is 0.398 e. The van der Waals surface area contributed by atoms with Gasteiger partial charge in [-0.3, -0.25) is 4.98 Å². The van der Waals surface area contributed by atoms with E-state index in [0.29, 0.717) is 0 Å². The highest BCUT2D eigenvalue weighted by Gasteiger charge is 2.07. The van der Waals surface area contributed by atoms with Gasteiger partial charge in [-0.1, -0.05) is 13.0 Å². The maximum Gasteiger partial charge on any atom is 0.0760 e. The number of benzene rings is 1. The first-order chi connectivity index (χ1) is 7.13. The Labute approximate surface area is 90.1 Å². The number of nitrogens with two attached hydrogens (primary N) is 1. The van der Waals surface area contributed by atoms with Crippen molar-refractivity contribution >= 4 is 16.6 Å². The van der Waals surface area contributed by atoms with E-state index in [0.717, 1.165) is 28.7 Å². The van der Waals surface area contributed by atoms with E-state index in [1.807, 2.05) is 13.0 Å². The molecule has 2 rings (SSSR count). The molecule has 2 nitrogen and oxygen atoms in total. The molecule has 0 fully saturated rings. The van der Waals surface area contributed by atoms with Crippen molar-refractivity contribution in [2.24, 2.45) is 0 Å². The first-order valence-electron chi connectivity index (χ1n) is 5.28. The topological polar surface area (TPSA) is 38.9 Å². The van der Waals surface area contributed by atoms with E-state index in [2.05, 4.69) is 31.0 Å². The number of rotatable bonds is 1. The minimum absolute atomic E-state index is 0.826. The van der Waals surface area contributed by atoms with Gasteiger partial charge >= 0.3 is 0 Å². The van der Waals surface area contributed by atoms with Crippen molar-refractivity contribution in [1.29, 1.82) is 0 Å². The lowest BCUT2D eigenvalue weighted by Crippen LogP contribution is -1.96. The number of nitrogen functional groups attached to an aromatic ring is 1. The highest BCUT2D eigenvalue weighted by Crippen LogP contribution is 2.27. The Kier molecular flexibility index (Phi) is 2.35. The molecule has 1 aromatic carbocycles. The molecule has 2 heteroatoms. The summed E-state index contributed by atoms with van der Waals surface area (Å²) in [4.78, 5) is 4.59. The van der Waals surface area contributed by atoms with Crippen LogP contribution in [-0.4, -0.2) is 4.98 Å². The van der Waals surface area contributed by atoms with Crippen LogP contribution >= 0.6 is 0 Å². The molecule has 0 aliphatic carbocycles. The van der Waals surface area contributed by atoms with Gasteiger partial charge in [0.25, 0.3) is 0 Å². The number of hydrogen-bond donors (Lipinski definition) is 1. The summed E-state index contributed by atoms with van der Waals surface area (Å²) in [5.41, 5.74) is 11.4. The number of hydrogen-bond acceptors (Lipinski definition) is 2. The molecule has 1 heterocycles. The first-order valence-corrected chi connectivity index (χ1v) is 5.28. The maximum absolute atomic E-state index is 5.99. The van der Waals surface area contributed by atoms with Crippen LogP contribution in [0, 0.1) is 13.8 Å². The molecule has 0 unspecified atom stereocenters. The van der Waals surface area contributed by atoms with Gasteiger partial charge in [0.15, 0.2) is 0 Å². The molecule has 0 radical (unpaired) electrons. The molecule has 0 bridgehead atoms. The second-order valence-electron chi connectivity index (χ2n) is 3.97. The molecule has 2 N–H and O–H groups in total. The fraction of sp³-hybridized carbons (Fsp3) is 0.308. The van der Waals surface area contributed by atoms with Crippen LogP contribution in [0.1, 0.15) is 23.7 Å². The molecule has 15 heavy (non-hydrogen) atoms. The van der Waals surface area contributed by atoms with E-state index >= 15 is 0 Å². The molecule has 0 atom stereocenters. The van der Waals surface area contributed by atoms with Crippen LogP contribution in [0.4, 0.5) is 5.69 Å². The van der Waals surface area contributed by atoms with Gasteiger partial charge in [0.05, 0.1) is 5.52 Å². The second kappa shape index (κ2) is 3.54. The molecule has 0 saturated heterocycles. The van der Waals surface area contributed by atoms with E-state index in [1.54, 1.807) is 0 Å². The Morgan fingerprint density at radius 2 is 2.00 bits per heavy atom. The van der Waals surface area contributed by atoms with E-state index in [1.165, 1.54) is 11.1 Å². The highest BCUT2D eigenvalue weighted by molar-refractivity contribution is 5.95. The first kappa shape index (κ1) is 9.97. The number of nitrogens with zero attached hydrogens (tertiary/aromatic N) is 1. The monoisotopic (exact) mass is 200 g/mol. The summed E-state index contributed by atoms with van der Waals surface area (Å²) in [5.74, 6) is 0. The normalized spacial score (nSPS) is 10.9. The Hall–Kier alpha value is -1.57. The summed E-state index contributed by atoms with van der Waals surface area (Å²) in [6.45, 7) is 6.26. The van der Waals surface area contributed by atoms with Crippen LogP contribution in [0.25, 0.3) is 10.9 Å². The van der Waals surface area contributed by atoms with Crippen LogP contribution < -0.4 is 5.73 Å². The summed E-state index contributed by atoms with van der Waals surface area (Å²) in [7, 11) is 0. The van der Waals surface area contributed by atoms with E-state index in [9.17, 15) is 0 Å². The molecule has 1 aromatic heterocycles. The Morgan fingerprint density at radius 1 is 1.27 bits per heavy atom. The van der Waals surface area contributed by atoms with Crippen LogP contribution in [0.5, 0.6) is 0 Å². The van der Waals surface area contributed by atoms with Gasteiger partial charge in [0.1, 0.15) is 0 Å². The van der Waals surface area contributed by atoms with Crippen molar-refractivity contribution in [2.45, 2.75) is 27.2 Å². The van der Waals surface area contributed by atoms with E-state index < -0.39 is 0 Å². The van der Waals surface area contributed by atoms with Gasteiger partial charge < -0.3 is 5.73 Å². The summed E-state index contributed by atoms with van der Waals surface area (Å²) in [5, 5.41) is 1.11. The molecule has 0 aliphatic rings. The van der Waals surface area contributed by atoms with Crippen LogP contribution in [0.15, 0.2) is 18.2 Å². The Bertz CT molecular complexity index is 515. The van der Waals surface area contributed by atoms with Crippen LogP contribution in [0.2, 0.25) is 0 Å². The zero-order valence-corrected chi connectivity index (χ0v) is 9.46. The van der Waals surface area contributed by atoms with Gasteiger partial charge in [-0.2, -0.15) is 0 Å². The minimum Gasteiger partial charge on any atom is -0.398 e. The summed E-state index contributed by atoms with van der Waals surface area (Å²) in [6, 6.07) is 6.13. The van der Waals surface area contributed by atoms with Gasteiger partial charge in [-0.05, 0) is 43.5 Å². The number of pyridine rings is 1. The molecule has 2 aromatic rings. The van der Waals surface area contributed by atoms with Crippen molar-refractivity contribution in [1.82, 2.24) is 4.98 Å². The van der Waals surface area contributed by atoms with E-state index in [-0.39, 0.29) is 0 Å². The standard InChI is InChI=1S/C13H16N2/c1-4-10-5-6-11(14)12-8(2)7-9(3)15-13(10)12/h5-7H,4,14H2,1-3H3. The van der Waals surface area contributed by atoms with Crippen molar-refractivity contribution in [3.05, 3.63) is 35.0 Å². The van der Waals surface area contributed by atoms with E-state index in [4.69, 9.17) is 5.73 Å². The lowest BCUT2D eigenvalue weighted by Gasteiger charge is -2.10. The molecule has 0 aliphatic heterocycles. The van der Waals surface area contributed by atoms with Gasteiger partial charge in [0.2, 0.25) is 0 Å². The van der Waals surface area contributed by atoms with Gasteiger partial charge in [-0.15, -0.1) is 0 Å². The lowest BCUT2D eigenvalue weighted by molar-refractivity contribution is 1.13. The number of aryl methyl sites for hydroxylation is 3. The predicted octanol–water partition coefficient (Wildman–Crippen LogP) is 3.00. The summed E-state index contributed by atoms with van der Waals surface area (Å²) in [6.07, 6.45) is 0.993. The van der Waals surface area contributed by atoms with Crippen molar-refractivity contribution in [3.8, 4) is 0 Å². The van der Waals surface area contributed by atoms with Gasteiger partial charge in [0, 0.05) is 16.8 Å². The number of anilines is 1. The van der Waals surface area contributed by atoms with Crippen molar-refractivity contribution < 1.29 is 0 Å². The fourth-order valence-electron chi connectivity index (χ4n) is 2.07. The van der Waals surface area contributed by atoms with Gasteiger partial charge in [-0.25, -0.2) is 0 Å². The third-order valence-electron chi connectivity index (χ3n) is 2.78. The zero-order valence-electron chi connectivity index (χ0n) is 9.46. The van der Waals surface area contributed by atoms with Crippen molar-refractivity contribution in [2.75, 3.05) is 5.73 Å². The molecular weight excluding hydrogens is 184 g/mol. The number of aromatic nitrogens is 1. The second-order valence-corrected chi connectivity index (χ2v) is 3.97. The quantitative estimate of drug-likeness (QED) is 0.719. The summed E-state index contributed by atoms with van der Waals surface area (Å²) < 4.78 is 0. The third kappa shape index (κ3) is 1.56. The van der Waals surface area contributed by atoms with Crippen LogP contribution in [-0.2, 0) is 6.42 Å². The SMILES string of the molecule is CCc1ccc(N)c2c(C)cc(C)nc12. The Morgan fingerprint density at radius 3 is 2.67 bits per heavy atom. The molecule has 0 saturated carbocycles. The lowest BCUT2D eigenvalue weighted by atomic mass is 10.0. The Balaban J connectivity index is 2.93. The molecule has 0 amide bonds.